The van der Waals surface area contributed by atoms with E-state index in [-0.39, 0.29) is 47.9 Å². The van der Waals surface area contributed by atoms with Crippen molar-refractivity contribution in [1.82, 2.24) is 20.6 Å². The molecular formula is C42H62N4O7. The summed E-state index contributed by atoms with van der Waals surface area (Å²) in [6.07, 6.45) is 1.90. The number of hydrogen-bond acceptors (Lipinski definition) is 9. The SMILES string of the molecule is COc1c(CN2O[C@@H](CO)[C@@H]([C@H](C)O)[C@H]2C(=O)N[C@H]2C[C@H]3C[C@@H]([C@@H]2C)C3(C)C)cccc1-c1cc(C=O)cc(C(=O)N[C@H](CN(C)C)CC(C)(C)C)c1. The lowest BCUT2D eigenvalue weighted by molar-refractivity contribution is -0.183. The summed E-state index contributed by atoms with van der Waals surface area (Å²) in [6.45, 7) is 15.3. The fourth-order valence-electron chi connectivity index (χ4n) is 9.45. The number of ether oxygens (including phenoxy) is 1. The van der Waals surface area contributed by atoms with E-state index in [4.69, 9.17) is 9.57 Å². The van der Waals surface area contributed by atoms with Crippen LogP contribution in [0.25, 0.3) is 11.1 Å². The molecule has 3 saturated carbocycles. The highest BCUT2D eigenvalue weighted by Crippen LogP contribution is 2.61. The molecule has 4 N–H and O–H groups in total. The first-order valence-corrected chi connectivity index (χ1v) is 19.1. The summed E-state index contributed by atoms with van der Waals surface area (Å²) < 4.78 is 6.00. The number of aliphatic hydroxyl groups excluding tert-OH is 2. The van der Waals surface area contributed by atoms with E-state index < -0.39 is 24.2 Å². The zero-order valence-corrected chi connectivity index (χ0v) is 33.3. The van der Waals surface area contributed by atoms with Crippen LogP contribution in [0.4, 0.5) is 0 Å². The van der Waals surface area contributed by atoms with Crippen molar-refractivity contribution in [1.29, 1.82) is 0 Å². The van der Waals surface area contributed by atoms with Crippen molar-refractivity contribution >= 4 is 18.1 Å². The predicted molar refractivity (Wildman–Crippen MR) is 205 cm³/mol. The number of para-hydroxylation sites is 1. The number of aliphatic hydroxyl groups is 2. The van der Waals surface area contributed by atoms with E-state index in [9.17, 15) is 24.6 Å². The van der Waals surface area contributed by atoms with Crippen LogP contribution in [0.1, 0.15) is 94.0 Å². The number of carbonyl (C=O) groups is 3. The molecule has 4 fully saturated rings. The Morgan fingerprint density at radius 3 is 2.45 bits per heavy atom. The van der Waals surface area contributed by atoms with Gasteiger partial charge in [-0.1, -0.05) is 59.7 Å². The van der Waals surface area contributed by atoms with Gasteiger partial charge in [0.1, 0.15) is 24.2 Å². The Morgan fingerprint density at radius 2 is 1.89 bits per heavy atom. The molecule has 2 aromatic carbocycles. The van der Waals surface area contributed by atoms with E-state index in [0.29, 0.717) is 57.9 Å². The van der Waals surface area contributed by atoms with Gasteiger partial charge < -0.3 is 30.5 Å². The van der Waals surface area contributed by atoms with Crippen LogP contribution < -0.4 is 15.4 Å². The van der Waals surface area contributed by atoms with Gasteiger partial charge in [-0.15, -0.1) is 0 Å². The Balaban J connectivity index is 1.43. The Kier molecular flexibility index (Phi) is 12.5. The molecule has 1 heterocycles. The number of nitrogens with zero attached hydrogens (tertiary/aromatic N) is 2. The molecule has 6 rings (SSSR count). The van der Waals surface area contributed by atoms with Crippen LogP contribution in [0.2, 0.25) is 0 Å². The van der Waals surface area contributed by atoms with Crippen LogP contribution in [0.3, 0.4) is 0 Å². The van der Waals surface area contributed by atoms with E-state index in [1.807, 2.05) is 37.2 Å². The second-order valence-electron chi connectivity index (χ2n) is 17.9. The fraction of sp³-hybridized carbons (Fsp3) is 0.643. The van der Waals surface area contributed by atoms with E-state index >= 15 is 0 Å². The van der Waals surface area contributed by atoms with Gasteiger partial charge in [0.25, 0.3) is 5.91 Å². The summed E-state index contributed by atoms with van der Waals surface area (Å²) in [5, 5.41) is 29.3. The molecule has 292 valence electrons. The van der Waals surface area contributed by atoms with Crippen LogP contribution in [0, 0.1) is 34.5 Å². The summed E-state index contributed by atoms with van der Waals surface area (Å²) in [6, 6.07) is 9.73. The number of aldehydes is 1. The molecule has 2 bridgehead atoms. The topological polar surface area (TPSA) is 141 Å². The Bertz CT molecular complexity index is 1640. The summed E-state index contributed by atoms with van der Waals surface area (Å²) in [4.78, 5) is 48.4. The predicted octanol–water partition coefficient (Wildman–Crippen LogP) is 4.93. The van der Waals surface area contributed by atoms with Crippen LogP contribution in [0.5, 0.6) is 5.75 Å². The molecule has 53 heavy (non-hydrogen) atoms. The average molecular weight is 735 g/mol. The van der Waals surface area contributed by atoms with E-state index in [1.165, 1.54) is 6.42 Å². The van der Waals surface area contributed by atoms with Gasteiger partial charge in [-0.05, 0) is 92.6 Å². The Morgan fingerprint density at radius 1 is 1.17 bits per heavy atom. The molecule has 0 aromatic heterocycles. The first-order valence-electron chi connectivity index (χ1n) is 19.1. The standard InChI is InChI=1S/C42H62N4O7/c1-24-33-17-30(42(33,6)7)18-34(24)44-40(51)37-36(25(2)49)35(23-48)53-46(37)20-27-12-11-13-32(38(27)52-10)28-14-26(22-47)15-29(16-28)39(50)43-31(21-45(8)9)19-41(3,4)5/h11-16,22,24-25,30-31,33-37,48-49H,17-21,23H2,1-10H3,(H,43,50)(H,44,51)/t24-,25-,30+,31-,33-,34-,35-,36+,37-/m0/s1. The molecule has 2 amide bonds. The molecular weight excluding hydrogens is 672 g/mol. The monoisotopic (exact) mass is 734 g/mol. The summed E-state index contributed by atoms with van der Waals surface area (Å²) in [5.41, 5.74) is 2.95. The molecule has 0 radical (unpaired) electrons. The molecule has 11 heteroatoms. The smallest absolute Gasteiger partial charge is 0.251 e. The number of amides is 2. The van der Waals surface area contributed by atoms with Gasteiger partial charge in [-0.25, -0.2) is 0 Å². The maximum absolute atomic E-state index is 14.2. The highest BCUT2D eigenvalue weighted by molar-refractivity contribution is 5.98. The number of benzene rings is 2. The second kappa shape index (κ2) is 16.2. The van der Waals surface area contributed by atoms with Gasteiger partial charge in [-0.3, -0.25) is 19.2 Å². The Labute approximate surface area is 315 Å². The van der Waals surface area contributed by atoms with Gasteiger partial charge in [0.05, 0.1) is 26.4 Å². The summed E-state index contributed by atoms with van der Waals surface area (Å²) >= 11 is 0. The minimum Gasteiger partial charge on any atom is -0.496 e. The number of hydrogen-bond donors (Lipinski definition) is 4. The number of rotatable bonds is 14. The lowest BCUT2D eigenvalue weighted by Gasteiger charge is -2.62. The van der Waals surface area contributed by atoms with Crippen molar-refractivity contribution in [3.63, 3.8) is 0 Å². The van der Waals surface area contributed by atoms with Crippen LogP contribution >= 0.6 is 0 Å². The van der Waals surface area contributed by atoms with E-state index in [0.717, 1.165) is 19.1 Å². The fourth-order valence-corrected chi connectivity index (χ4v) is 9.45. The third-order valence-corrected chi connectivity index (χ3v) is 12.1. The maximum Gasteiger partial charge on any atom is 0.251 e. The van der Waals surface area contributed by atoms with Crippen molar-refractivity contribution in [2.24, 2.45) is 34.5 Å². The van der Waals surface area contributed by atoms with Gasteiger partial charge >= 0.3 is 0 Å². The van der Waals surface area contributed by atoms with Gasteiger partial charge in [0.2, 0.25) is 5.91 Å². The minimum absolute atomic E-state index is 0.00542. The number of nitrogens with one attached hydrogen (secondary N) is 2. The molecule has 11 nitrogen and oxygen atoms in total. The van der Waals surface area contributed by atoms with Gasteiger partial charge in [-0.2, -0.15) is 5.06 Å². The summed E-state index contributed by atoms with van der Waals surface area (Å²) in [5.74, 6) is 0.739. The van der Waals surface area contributed by atoms with Crippen LogP contribution in [0.15, 0.2) is 36.4 Å². The third kappa shape index (κ3) is 8.81. The molecule has 9 atom stereocenters. The zero-order valence-electron chi connectivity index (χ0n) is 33.3. The molecule has 0 spiro atoms. The largest absolute Gasteiger partial charge is 0.496 e. The normalized spacial score (nSPS) is 27.8. The number of carbonyl (C=O) groups excluding carboxylic acids is 3. The number of hydroxylamine groups is 2. The number of likely N-dealkylation sites (N-methyl/N-ethyl adjacent to an activating group) is 1. The highest BCUT2D eigenvalue weighted by Gasteiger charge is 2.57. The third-order valence-electron chi connectivity index (χ3n) is 12.1. The molecule has 1 saturated heterocycles. The first kappa shape index (κ1) is 40.8. The second-order valence-corrected chi connectivity index (χ2v) is 17.9. The highest BCUT2D eigenvalue weighted by atomic mass is 16.7. The molecule has 1 aliphatic heterocycles. The summed E-state index contributed by atoms with van der Waals surface area (Å²) in [7, 11) is 5.50. The number of fused-ring (bicyclic) bond motifs is 2. The van der Waals surface area contributed by atoms with Crippen molar-refractivity contribution in [2.75, 3.05) is 34.4 Å². The minimum atomic E-state index is -0.923. The molecule has 4 aliphatic rings. The van der Waals surface area contributed by atoms with E-state index in [2.05, 4.69) is 52.2 Å². The van der Waals surface area contributed by atoms with Crippen LogP contribution in [-0.4, -0.2) is 103 Å². The molecule has 3 aliphatic carbocycles. The van der Waals surface area contributed by atoms with Gasteiger partial charge in [0, 0.05) is 46.8 Å². The first-order chi connectivity index (χ1) is 24.9. The maximum atomic E-state index is 14.2. The molecule has 0 unspecified atom stereocenters. The van der Waals surface area contributed by atoms with Crippen LogP contribution in [-0.2, 0) is 16.2 Å². The lowest BCUT2D eigenvalue weighted by Crippen LogP contribution is -2.62. The van der Waals surface area contributed by atoms with Crippen molar-refractivity contribution in [3.05, 3.63) is 53.1 Å². The van der Waals surface area contributed by atoms with Gasteiger partial charge in [0.15, 0.2) is 0 Å². The Hall–Kier alpha value is -3.35. The van der Waals surface area contributed by atoms with Crippen molar-refractivity contribution < 1.29 is 34.2 Å². The number of methoxy groups -OCH3 is 1. The van der Waals surface area contributed by atoms with E-state index in [1.54, 1.807) is 37.3 Å². The molecule has 2 aromatic rings. The quantitative estimate of drug-likeness (QED) is 0.199. The van der Waals surface area contributed by atoms with Crippen molar-refractivity contribution in [3.8, 4) is 16.9 Å². The van der Waals surface area contributed by atoms with Crippen molar-refractivity contribution in [2.45, 2.75) is 105 Å². The average Bonchev–Trinajstić information content (AvgIpc) is 3.46. The lowest BCUT2D eigenvalue weighted by atomic mass is 9.45. The zero-order chi connectivity index (χ0) is 39.0.